The molecule has 2 nitrogen and oxygen atoms in total. The molecule has 3 heteroatoms. The molecule has 0 heterocycles. The highest BCUT2D eigenvalue weighted by molar-refractivity contribution is 6.32. The molecule has 0 bridgehead atoms. The highest BCUT2D eigenvalue weighted by atomic mass is 35.5. The van der Waals surface area contributed by atoms with Crippen LogP contribution in [0.2, 0.25) is 5.02 Å². The van der Waals surface area contributed by atoms with Crippen LogP contribution in [0.3, 0.4) is 0 Å². The number of ether oxygens (including phenoxy) is 1. The minimum absolute atomic E-state index is 0.564. The molecule has 0 aliphatic heterocycles. The van der Waals surface area contributed by atoms with Gasteiger partial charge in [-0.2, -0.15) is 0 Å². The first-order chi connectivity index (χ1) is 8.13. The first-order valence-electron chi connectivity index (χ1n) is 5.88. The second-order valence-electron chi connectivity index (χ2n) is 4.14. The van der Waals surface area contributed by atoms with Gasteiger partial charge in [0.1, 0.15) is 12.4 Å². The fourth-order valence-electron chi connectivity index (χ4n) is 1.34. The van der Waals surface area contributed by atoms with Crippen molar-refractivity contribution in [1.29, 1.82) is 0 Å². The number of benzene rings is 1. The van der Waals surface area contributed by atoms with Gasteiger partial charge in [0, 0.05) is 6.54 Å². The largest absolute Gasteiger partial charge is 0.488 e. The summed E-state index contributed by atoms with van der Waals surface area (Å²) in [5.41, 5.74) is 2.41. The average Bonchev–Trinajstić information content (AvgIpc) is 2.28. The van der Waals surface area contributed by atoms with E-state index in [1.54, 1.807) is 0 Å². The standard InChI is InChI=1S/C14H20ClNO/c1-4-16-10-12-5-6-14(13(15)9-12)17-8-7-11(2)3/h5-7,9,16H,4,8,10H2,1-3H3. The van der Waals surface area contributed by atoms with Gasteiger partial charge in [0.15, 0.2) is 0 Å². The third kappa shape index (κ3) is 5.24. The number of halogens is 1. The highest BCUT2D eigenvalue weighted by Gasteiger charge is 2.02. The van der Waals surface area contributed by atoms with Crippen molar-refractivity contribution >= 4 is 11.6 Å². The van der Waals surface area contributed by atoms with Gasteiger partial charge >= 0.3 is 0 Å². The molecule has 1 N–H and O–H groups in total. The van der Waals surface area contributed by atoms with Gasteiger partial charge in [0.05, 0.1) is 5.02 Å². The van der Waals surface area contributed by atoms with Crippen LogP contribution < -0.4 is 10.1 Å². The Bertz CT molecular complexity index is 384. The van der Waals surface area contributed by atoms with Gasteiger partial charge in [-0.3, -0.25) is 0 Å². The van der Waals surface area contributed by atoms with E-state index in [-0.39, 0.29) is 0 Å². The summed E-state index contributed by atoms with van der Waals surface area (Å²) in [4.78, 5) is 0. The monoisotopic (exact) mass is 253 g/mol. The quantitative estimate of drug-likeness (QED) is 0.779. The molecule has 1 rings (SSSR count). The van der Waals surface area contributed by atoms with Crippen LogP contribution in [0.4, 0.5) is 0 Å². The molecule has 0 fully saturated rings. The van der Waals surface area contributed by atoms with E-state index >= 15 is 0 Å². The molecule has 0 aliphatic rings. The summed E-state index contributed by atoms with van der Waals surface area (Å²) in [6.45, 7) is 8.53. The molecule has 0 saturated carbocycles. The Labute approximate surface area is 109 Å². The lowest BCUT2D eigenvalue weighted by atomic mass is 10.2. The Morgan fingerprint density at radius 1 is 1.41 bits per heavy atom. The van der Waals surface area contributed by atoms with E-state index in [1.165, 1.54) is 11.1 Å². The lowest BCUT2D eigenvalue weighted by Crippen LogP contribution is -2.11. The maximum atomic E-state index is 6.15. The van der Waals surface area contributed by atoms with E-state index < -0.39 is 0 Å². The Morgan fingerprint density at radius 2 is 2.18 bits per heavy atom. The van der Waals surface area contributed by atoms with Crippen molar-refractivity contribution in [2.45, 2.75) is 27.3 Å². The van der Waals surface area contributed by atoms with Crippen LogP contribution in [0.5, 0.6) is 5.75 Å². The molecule has 0 spiro atoms. The van der Waals surface area contributed by atoms with Crippen molar-refractivity contribution in [2.75, 3.05) is 13.2 Å². The number of hydrogen-bond donors (Lipinski definition) is 1. The molecule has 0 amide bonds. The fraction of sp³-hybridized carbons (Fsp3) is 0.429. The minimum atomic E-state index is 0.564. The maximum absolute atomic E-state index is 6.15. The van der Waals surface area contributed by atoms with Crippen molar-refractivity contribution in [3.63, 3.8) is 0 Å². The fourth-order valence-corrected chi connectivity index (χ4v) is 1.60. The molecule has 0 aliphatic carbocycles. The summed E-state index contributed by atoms with van der Waals surface area (Å²) in [5, 5.41) is 3.93. The predicted molar refractivity (Wildman–Crippen MR) is 73.8 cm³/mol. The van der Waals surface area contributed by atoms with Gasteiger partial charge in [-0.25, -0.2) is 0 Å². The molecule has 0 atom stereocenters. The lowest BCUT2D eigenvalue weighted by molar-refractivity contribution is 0.362. The van der Waals surface area contributed by atoms with E-state index in [4.69, 9.17) is 16.3 Å². The van der Waals surface area contributed by atoms with Gasteiger partial charge in [-0.05, 0) is 44.2 Å². The molecular weight excluding hydrogens is 234 g/mol. The van der Waals surface area contributed by atoms with Crippen molar-refractivity contribution in [3.05, 3.63) is 40.4 Å². The van der Waals surface area contributed by atoms with E-state index in [1.807, 2.05) is 38.1 Å². The molecule has 0 saturated heterocycles. The number of hydrogen-bond acceptors (Lipinski definition) is 2. The van der Waals surface area contributed by atoms with Crippen LogP contribution in [0.1, 0.15) is 26.3 Å². The first-order valence-corrected chi connectivity index (χ1v) is 6.26. The van der Waals surface area contributed by atoms with Gasteiger partial charge < -0.3 is 10.1 Å². The van der Waals surface area contributed by atoms with Gasteiger partial charge in [-0.1, -0.05) is 30.2 Å². The van der Waals surface area contributed by atoms with Crippen molar-refractivity contribution in [3.8, 4) is 5.75 Å². The summed E-state index contributed by atoms with van der Waals surface area (Å²) < 4.78 is 5.58. The molecule has 0 aromatic heterocycles. The zero-order chi connectivity index (χ0) is 12.7. The highest BCUT2D eigenvalue weighted by Crippen LogP contribution is 2.25. The SMILES string of the molecule is CCNCc1ccc(OCC=C(C)C)c(Cl)c1. The summed E-state index contributed by atoms with van der Waals surface area (Å²) in [7, 11) is 0. The van der Waals surface area contributed by atoms with E-state index in [0.717, 1.165) is 18.8 Å². The van der Waals surface area contributed by atoms with Gasteiger partial charge in [0.25, 0.3) is 0 Å². The van der Waals surface area contributed by atoms with E-state index in [9.17, 15) is 0 Å². The van der Waals surface area contributed by atoms with Crippen LogP contribution in [0.15, 0.2) is 29.8 Å². The Morgan fingerprint density at radius 3 is 2.76 bits per heavy atom. The van der Waals surface area contributed by atoms with Crippen LogP contribution in [0.25, 0.3) is 0 Å². The number of allylic oxidation sites excluding steroid dienone is 1. The molecule has 17 heavy (non-hydrogen) atoms. The third-order valence-corrected chi connectivity index (χ3v) is 2.60. The van der Waals surface area contributed by atoms with Crippen LogP contribution >= 0.6 is 11.6 Å². The summed E-state index contributed by atoms with van der Waals surface area (Å²) in [6, 6.07) is 5.91. The predicted octanol–water partition coefficient (Wildman–Crippen LogP) is 3.79. The maximum Gasteiger partial charge on any atom is 0.138 e. The van der Waals surface area contributed by atoms with Crippen molar-refractivity contribution in [2.24, 2.45) is 0 Å². The Kier molecular flexibility index (Phi) is 6.09. The molecule has 94 valence electrons. The number of nitrogens with one attached hydrogen (secondary N) is 1. The van der Waals surface area contributed by atoms with Crippen LogP contribution in [-0.2, 0) is 6.54 Å². The first kappa shape index (κ1) is 14.1. The zero-order valence-electron chi connectivity index (χ0n) is 10.7. The minimum Gasteiger partial charge on any atom is -0.488 e. The van der Waals surface area contributed by atoms with Crippen LogP contribution in [0, 0.1) is 0 Å². The normalized spacial score (nSPS) is 10.1. The van der Waals surface area contributed by atoms with E-state index in [2.05, 4.69) is 12.2 Å². The average molecular weight is 254 g/mol. The lowest BCUT2D eigenvalue weighted by Gasteiger charge is -2.08. The van der Waals surface area contributed by atoms with Crippen LogP contribution in [-0.4, -0.2) is 13.2 Å². The smallest absolute Gasteiger partial charge is 0.138 e. The van der Waals surface area contributed by atoms with Gasteiger partial charge in [-0.15, -0.1) is 0 Å². The van der Waals surface area contributed by atoms with E-state index in [0.29, 0.717) is 11.6 Å². The Balaban J connectivity index is 2.59. The van der Waals surface area contributed by atoms with Crippen molar-refractivity contribution < 1.29 is 4.74 Å². The Hall–Kier alpha value is -0.990. The molecule has 1 aromatic carbocycles. The molecule has 1 aromatic rings. The number of rotatable bonds is 6. The molecular formula is C14H20ClNO. The second-order valence-corrected chi connectivity index (χ2v) is 4.54. The topological polar surface area (TPSA) is 21.3 Å². The zero-order valence-corrected chi connectivity index (χ0v) is 11.5. The summed E-state index contributed by atoms with van der Waals surface area (Å²) in [6.07, 6.45) is 2.03. The second kappa shape index (κ2) is 7.36. The molecule has 0 unspecified atom stereocenters. The summed E-state index contributed by atoms with van der Waals surface area (Å²) in [5.74, 6) is 0.740. The third-order valence-electron chi connectivity index (χ3n) is 2.31. The van der Waals surface area contributed by atoms with Gasteiger partial charge in [0.2, 0.25) is 0 Å². The van der Waals surface area contributed by atoms with Crippen molar-refractivity contribution in [1.82, 2.24) is 5.32 Å². The molecule has 0 radical (unpaired) electrons. The summed E-state index contributed by atoms with van der Waals surface area (Å²) >= 11 is 6.15.